The molecule has 0 aliphatic carbocycles. The van der Waals surface area contributed by atoms with Crippen LogP contribution in [-0.2, 0) is 23.8 Å². The third-order valence-corrected chi connectivity index (χ3v) is 9.37. The lowest BCUT2D eigenvalue weighted by Crippen LogP contribution is -2.30. The lowest BCUT2D eigenvalue weighted by Gasteiger charge is -2.18. The molecule has 62 heavy (non-hydrogen) atoms. The fourth-order valence-corrected chi connectivity index (χ4v) is 5.87. The van der Waals surface area contributed by atoms with E-state index < -0.39 is 6.10 Å². The molecule has 0 amide bonds. The van der Waals surface area contributed by atoms with Gasteiger partial charge in [-0.3, -0.25) is 9.59 Å². The number of esters is 2. The van der Waals surface area contributed by atoms with Crippen LogP contribution in [0.4, 0.5) is 0 Å². The Morgan fingerprint density at radius 3 is 1.08 bits per heavy atom. The first-order valence-electron chi connectivity index (χ1n) is 24.4. The maximum absolute atomic E-state index is 12.8. The van der Waals surface area contributed by atoms with Gasteiger partial charge < -0.3 is 14.2 Å². The van der Waals surface area contributed by atoms with Gasteiger partial charge in [0.1, 0.15) is 6.61 Å². The standard InChI is InChI=1S/C57H88O5/c1-4-7-10-13-16-19-22-25-27-29-30-33-35-38-41-44-47-50-56(58)61-54-55(62-57(59)51-48-45-42-39-36-32-24-21-18-15-12-9-6-3)53-60-52-49-46-43-40-37-34-31-28-26-23-20-17-14-11-8-5-2/h7-12,16-21,25-28,30,32-34,36-37,43,46,55H,4-6,13-15,22-24,29,31,35,38-42,44-45,47-54H2,1-3H3/b10-7-,11-8-,12-9-,19-16-,20-17-,21-18-,27-25-,28-26-,33-30-,36-32-,37-34-,46-43-. The van der Waals surface area contributed by atoms with Gasteiger partial charge in [0.25, 0.3) is 0 Å². The Morgan fingerprint density at radius 1 is 0.355 bits per heavy atom. The molecule has 0 spiro atoms. The fourth-order valence-electron chi connectivity index (χ4n) is 5.87. The van der Waals surface area contributed by atoms with E-state index >= 15 is 0 Å². The molecular formula is C57H88O5. The van der Waals surface area contributed by atoms with Gasteiger partial charge in [-0.15, -0.1) is 0 Å². The van der Waals surface area contributed by atoms with Crippen molar-refractivity contribution < 1.29 is 23.8 Å². The highest BCUT2D eigenvalue weighted by Gasteiger charge is 2.17. The smallest absolute Gasteiger partial charge is 0.306 e. The molecular weight excluding hydrogens is 765 g/mol. The minimum absolute atomic E-state index is 0.0200. The van der Waals surface area contributed by atoms with E-state index in [9.17, 15) is 9.59 Å². The third kappa shape index (κ3) is 48.4. The van der Waals surface area contributed by atoms with Crippen LogP contribution in [0, 0.1) is 0 Å². The van der Waals surface area contributed by atoms with Crippen molar-refractivity contribution in [3.05, 3.63) is 146 Å². The molecule has 0 saturated heterocycles. The second kappa shape index (κ2) is 51.1. The Kier molecular flexibility index (Phi) is 47.7. The first-order valence-corrected chi connectivity index (χ1v) is 24.4. The highest BCUT2D eigenvalue weighted by atomic mass is 16.6. The molecule has 0 aliphatic heterocycles. The van der Waals surface area contributed by atoms with Crippen molar-refractivity contribution in [3.63, 3.8) is 0 Å². The highest BCUT2D eigenvalue weighted by Crippen LogP contribution is 2.10. The van der Waals surface area contributed by atoms with E-state index in [1.807, 2.05) is 0 Å². The molecule has 1 unspecified atom stereocenters. The fraction of sp³-hybridized carbons (Fsp3) is 0.544. The van der Waals surface area contributed by atoms with E-state index in [4.69, 9.17) is 14.2 Å². The summed E-state index contributed by atoms with van der Waals surface area (Å²) in [5, 5.41) is 0. The average Bonchev–Trinajstić information content (AvgIpc) is 3.27. The number of hydrogen-bond donors (Lipinski definition) is 0. The predicted octanol–water partition coefficient (Wildman–Crippen LogP) is 16.6. The summed E-state index contributed by atoms with van der Waals surface area (Å²) in [5.74, 6) is -0.515. The molecule has 0 N–H and O–H groups in total. The summed E-state index contributed by atoms with van der Waals surface area (Å²) < 4.78 is 17.2. The van der Waals surface area contributed by atoms with Crippen LogP contribution in [0.1, 0.15) is 175 Å². The minimum Gasteiger partial charge on any atom is -0.462 e. The lowest BCUT2D eigenvalue weighted by atomic mass is 10.1. The zero-order valence-electron chi connectivity index (χ0n) is 39.6. The van der Waals surface area contributed by atoms with Crippen LogP contribution in [0.5, 0.6) is 0 Å². The number of allylic oxidation sites excluding steroid dienone is 23. The van der Waals surface area contributed by atoms with Gasteiger partial charge in [-0.25, -0.2) is 0 Å². The van der Waals surface area contributed by atoms with Crippen LogP contribution in [0.2, 0.25) is 0 Å². The molecule has 0 saturated carbocycles. The van der Waals surface area contributed by atoms with E-state index in [0.29, 0.717) is 19.4 Å². The second-order valence-corrected chi connectivity index (χ2v) is 15.2. The molecule has 0 aromatic heterocycles. The molecule has 0 aromatic rings. The summed E-state index contributed by atoms with van der Waals surface area (Å²) in [6.45, 7) is 7.18. The van der Waals surface area contributed by atoms with Crippen molar-refractivity contribution in [1.29, 1.82) is 0 Å². The Labute approximate surface area is 381 Å². The van der Waals surface area contributed by atoms with E-state index in [0.717, 1.165) is 141 Å². The summed E-state index contributed by atoms with van der Waals surface area (Å²) in [5.41, 5.74) is 0. The number of hydrogen-bond acceptors (Lipinski definition) is 5. The van der Waals surface area contributed by atoms with Crippen LogP contribution in [0.3, 0.4) is 0 Å². The summed E-state index contributed by atoms with van der Waals surface area (Å²) >= 11 is 0. The monoisotopic (exact) mass is 853 g/mol. The predicted molar refractivity (Wildman–Crippen MR) is 269 cm³/mol. The Morgan fingerprint density at radius 2 is 0.677 bits per heavy atom. The first kappa shape index (κ1) is 57.8. The zero-order chi connectivity index (χ0) is 44.9. The summed E-state index contributed by atoms with van der Waals surface area (Å²) in [4.78, 5) is 25.3. The molecule has 0 radical (unpaired) electrons. The molecule has 346 valence electrons. The van der Waals surface area contributed by atoms with E-state index in [-0.39, 0.29) is 25.2 Å². The van der Waals surface area contributed by atoms with Gasteiger partial charge in [-0.05, 0) is 122 Å². The Hall–Kier alpha value is -4.22. The maximum atomic E-state index is 12.8. The molecule has 0 bridgehead atoms. The summed E-state index contributed by atoms with van der Waals surface area (Å²) in [6.07, 6.45) is 74.5. The van der Waals surface area contributed by atoms with Gasteiger partial charge in [0, 0.05) is 12.8 Å². The molecule has 0 aromatic carbocycles. The molecule has 5 heteroatoms. The van der Waals surface area contributed by atoms with Crippen LogP contribution < -0.4 is 0 Å². The quantitative estimate of drug-likeness (QED) is 0.0348. The van der Waals surface area contributed by atoms with E-state index in [2.05, 4.69) is 167 Å². The van der Waals surface area contributed by atoms with Crippen LogP contribution in [0.15, 0.2) is 146 Å². The number of carbonyl (C=O) groups excluding carboxylic acids is 2. The number of unbranched alkanes of at least 4 members (excludes halogenated alkanes) is 7. The van der Waals surface area contributed by atoms with Gasteiger partial charge in [0.15, 0.2) is 6.10 Å². The maximum Gasteiger partial charge on any atom is 0.306 e. The molecule has 0 aliphatic rings. The minimum atomic E-state index is -0.612. The molecule has 0 rings (SSSR count). The van der Waals surface area contributed by atoms with Gasteiger partial charge in [0.05, 0.1) is 13.2 Å². The topological polar surface area (TPSA) is 61.8 Å². The van der Waals surface area contributed by atoms with Crippen molar-refractivity contribution >= 4 is 11.9 Å². The number of rotatable bonds is 42. The molecule has 0 fully saturated rings. The van der Waals surface area contributed by atoms with E-state index in [1.54, 1.807) is 0 Å². The van der Waals surface area contributed by atoms with Crippen molar-refractivity contribution in [2.24, 2.45) is 0 Å². The van der Waals surface area contributed by atoms with Gasteiger partial charge >= 0.3 is 11.9 Å². The average molecular weight is 853 g/mol. The second-order valence-electron chi connectivity index (χ2n) is 15.2. The first-order chi connectivity index (χ1) is 30.6. The van der Waals surface area contributed by atoms with Gasteiger partial charge in [0.2, 0.25) is 0 Å². The van der Waals surface area contributed by atoms with Crippen LogP contribution in [-0.4, -0.2) is 37.9 Å². The number of carbonyl (C=O) groups is 2. The lowest BCUT2D eigenvalue weighted by molar-refractivity contribution is -0.162. The summed E-state index contributed by atoms with van der Waals surface area (Å²) in [7, 11) is 0. The third-order valence-electron chi connectivity index (χ3n) is 9.37. The molecule has 0 heterocycles. The van der Waals surface area contributed by atoms with Crippen molar-refractivity contribution in [3.8, 4) is 0 Å². The number of ether oxygens (including phenoxy) is 3. The van der Waals surface area contributed by atoms with Gasteiger partial charge in [-0.2, -0.15) is 0 Å². The van der Waals surface area contributed by atoms with Gasteiger partial charge in [-0.1, -0.05) is 186 Å². The largest absolute Gasteiger partial charge is 0.462 e. The zero-order valence-corrected chi connectivity index (χ0v) is 39.6. The molecule has 5 nitrogen and oxygen atoms in total. The normalized spacial score (nSPS) is 13.5. The summed E-state index contributed by atoms with van der Waals surface area (Å²) in [6, 6.07) is 0. The highest BCUT2D eigenvalue weighted by molar-refractivity contribution is 5.70. The van der Waals surface area contributed by atoms with Crippen molar-refractivity contribution in [1.82, 2.24) is 0 Å². The van der Waals surface area contributed by atoms with Crippen molar-refractivity contribution in [2.75, 3.05) is 19.8 Å². The van der Waals surface area contributed by atoms with E-state index in [1.165, 1.54) is 0 Å². The Bertz CT molecular complexity index is 1380. The van der Waals surface area contributed by atoms with Crippen LogP contribution in [0.25, 0.3) is 0 Å². The van der Waals surface area contributed by atoms with Crippen LogP contribution >= 0.6 is 0 Å². The SMILES string of the molecule is CC/C=C\C/C=C\C/C=C\C/C=C\C/C=C\CCOCC(COC(=O)CCCCCC/C=C\C/C=C\C/C=C\C/C=C\CC)OC(=O)CCCCC/C=C\C/C=C\C/C=C\CC. The Balaban J connectivity index is 4.50. The molecule has 1 atom stereocenters. The van der Waals surface area contributed by atoms with Crippen molar-refractivity contribution in [2.45, 2.75) is 181 Å².